The summed E-state index contributed by atoms with van der Waals surface area (Å²) in [5, 5.41) is 3.70. The van der Waals surface area contributed by atoms with Crippen molar-refractivity contribution in [1.29, 1.82) is 0 Å². The number of ether oxygens (including phenoxy) is 1. The Bertz CT molecular complexity index is 875. The van der Waals surface area contributed by atoms with Gasteiger partial charge in [0.1, 0.15) is 21.4 Å². The number of rotatable bonds is 6. The second kappa shape index (κ2) is 7.97. The number of hydrogen-bond acceptors (Lipinski definition) is 6. The van der Waals surface area contributed by atoms with E-state index in [4.69, 9.17) is 4.74 Å². The summed E-state index contributed by atoms with van der Waals surface area (Å²) in [6, 6.07) is 8.42. The molecule has 1 atom stereocenters. The summed E-state index contributed by atoms with van der Waals surface area (Å²) in [5.74, 6) is -0.186. The van der Waals surface area contributed by atoms with Crippen molar-refractivity contribution in [3.05, 3.63) is 41.5 Å². The number of aryl methyl sites for hydroxylation is 1. The Labute approximate surface area is 155 Å². The Hall–Kier alpha value is -1.92. The van der Waals surface area contributed by atoms with Gasteiger partial charge in [0.15, 0.2) is 0 Å². The molecule has 130 valence electrons. The average molecular weight is 373 g/mol. The van der Waals surface area contributed by atoms with E-state index in [0.717, 1.165) is 26.4 Å². The number of carbonyl (C=O) groups is 1. The van der Waals surface area contributed by atoms with Gasteiger partial charge in [-0.2, -0.15) is 0 Å². The molecular weight excluding hydrogens is 352 g/mol. The van der Waals surface area contributed by atoms with Crippen molar-refractivity contribution in [2.45, 2.75) is 37.5 Å². The molecule has 0 spiro atoms. The molecule has 3 aromatic rings. The fraction of sp³-hybridized carbons (Fsp3) is 0.316. The van der Waals surface area contributed by atoms with Crippen LogP contribution in [0.2, 0.25) is 0 Å². The second-order valence-corrected chi connectivity index (χ2v) is 7.69. The van der Waals surface area contributed by atoms with Gasteiger partial charge < -0.3 is 4.74 Å². The fourth-order valence-electron chi connectivity index (χ4n) is 2.55. The van der Waals surface area contributed by atoms with Crippen LogP contribution in [-0.4, -0.2) is 27.8 Å². The lowest BCUT2D eigenvalue weighted by Crippen LogP contribution is -2.19. The van der Waals surface area contributed by atoms with E-state index < -0.39 is 0 Å². The summed E-state index contributed by atoms with van der Waals surface area (Å²) in [6.07, 6.45) is 2.26. The molecule has 2 heterocycles. The third-order valence-electron chi connectivity index (χ3n) is 3.87. The van der Waals surface area contributed by atoms with Crippen molar-refractivity contribution in [3.8, 4) is 11.1 Å². The summed E-state index contributed by atoms with van der Waals surface area (Å²) in [5.41, 5.74) is 3.47. The summed E-state index contributed by atoms with van der Waals surface area (Å²) in [6.45, 7) is 6.28. The maximum atomic E-state index is 12.2. The van der Waals surface area contributed by atoms with Crippen LogP contribution < -0.4 is 0 Å². The van der Waals surface area contributed by atoms with Crippen molar-refractivity contribution in [2.24, 2.45) is 0 Å². The SMILES string of the molecule is CCOC(=O)C(CC)Sc1ncnc2scc(-c3ccc(C)cc3)c12. The number of aromatic nitrogens is 2. The van der Waals surface area contributed by atoms with Crippen molar-refractivity contribution in [1.82, 2.24) is 9.97 Å². The van der Waals surface area contributed by atoms with Crippen LogP contribution in [0.3, 0.4) is 0 Å². The lowest BCUT2D eigenvalue weighted by Gasteiger charge is -2.13. The molecule has 1 unspecified atom stereocenters. The zero-order chi connectivity index (χ0) is 17.8. The van der Waals surface area contributed by atoms with E-state index in [2.05, 4.69) is 46.5 Å². The first kappa shape index (κ1) is 17.9. The van der Waals surface area contributed by atoms with Crippen molar-refractivity contribution >= 4 is 39.3 Å². The smallest absolute Gasteiger partial charge is 0.319 e. The van der Waals surface area contributed by atoms with E-state index >= 15 is 0 Å². The number of nitrogens with zero attached hydrogens (tertiary/aromatic N) is 2. The van der Waals surface area contributed by atoms with Crippen LogP contribution in [0.25, 0.3) is 21.3 Å². The van der Waals surface area contributed by atoms with Gasteiger partial charge in [-0.05, 0) is 25.8 Å². The topological polar surface area (TPSA) is 52.1 Å². The Morgan fingerprint density at radius 3 is 2.68 bits per heavy atom. The van der Waals surface area contributed by atoms with Gasteiger partial charge >= 0.3 is 5.97 Å². The van der Waals surface area contributed by atoms with Gasteiger partial charge in [0, 0.05) is 10.9 Å². The monoisotopic (exact) mass is 372 g/mol. The van der Waals surface area contributed by atoms with Crippen LogP contribution in [0.5, 0.6) is 0 Å². The molecule has 0 fully saturated rings. The molecule has 25 heavy (non-hydrogen) atoms. The van der Waals surface area contributed by atoms with Gasteiger partial charge in [0.2, 0.25) is 0 Å². The van der Waals surface area contributed by atoms with Crippen LogP contribution in [0.15, 0.2) is 41.0 Å². The summed E-state index contributed by atoms with van der Waals surface area (Å²) in [7, 11) is 0. The van der Waals surface area contributed by atoms with Crippen LogP contribution in [0, 0.1) is 6.92 Å². The standard InChI is InChI=1S/C19H20N2O2S2/c1-4-15(19(22)23-5-2)25-18-16-14(10-24-17(16)20-11-21-18)13-8-6-12(3)7-9-13/h6-11,15H,4-5H2,1-3H3. The Kier molecular flexibility index (Phi) is 5.71. The van der Waals surface area contributed by atoms with E-state index in [1.165, 1.54) is 17.3 Å². The lowest BCUT2D eigenvalue weighted by atomic mass is 10.1. The van der Waals surface area contributed by atoms with E-state index in [9.17, 15) is 4.79 Å². The van der Waals surface area contributed by atoms with Crippen LogP contribution in [0.4, 0.5) is 0 Å². The average Bonchev–Trinajstić information content (AvgIpc) is 3.05. The molecule has 0 aliphatic carbocycles. The maximum Gasteiger partial charge on any atom is 0.319 e. The molecule has 0 bridgehead atoms. The van der Waals surface area contributed by atoms with Crippen molar-refractivity contribution < 1.29 is 9.53 Å². The van der Waals surface area contributed by atoms with Gasteiger partial charge in [0.05, 0.1) is 12.0 Å². The third-order valence-corrected chi connectivity index (χ3v) is 6.10. The molecule has 1 aromatic carbocycles. The normalized spacial score (nSPS) is 12.3. The first-order valence-corrected chi connectivity index (χ1v) is 10.0. The molecule has 0 aliphatic heterocycles. The van der Waals surface area contributed by atoms with Crippen LogP contribution in [0.1, 0.15) is 25.8 Å². The van der Waals surface area contributed by atoms with Crippen LogP contribution in [-0.2, 0) is 9.53 Å². The summed E-state index contributed by atoms with van der Waals surface area (Å²) < 4.78 is 5.19. The Morgan fingerprint density at radius 1 is 1.24 bits per heavy atom. The molecule has 0 saturated carbocycles. The number of hydrogen-bond donors (Lipinski definition) is 0. The first-order valence-electron chi connectivity index (χ1n) is 8.26. The highest BCUT2D eigenvalue weighted by molar-refractivity contribution is 8.00. The molecule has 2 aromatic heterocycles. The van der Waals surface area contributed by atoms with Gasteiger partial charge in [0.25, 0.3) is 0 Å². The largest absolute Gasteiger partial charge is 0.465 e. The minimum absolute atomic E-state index is 0.186. The van der Waals surface area contributed by atoms with Crippen molar-refractivity contribution in [3.63, 3.8) is 0 Å². The number of fused-ring (bicyclic) bond motifs is 1. The maximum absolute atomic E-state index is 12.2. The molecule has 0 aliphatic rings. The zero-order valence-electron chi connectivity index (χ0n) is 14.5. The minimum atomic E-state index is -0.260. The molecular formula is C19H20N2O2S2. The highest BCUT2D eigenvalue weighted by Crippen LogP contribution is 2.39. The number of thiophene rings is 1. The quantitative estimate of drug-likeness (QED) is 0.342. The molecule has 4 nitrogen and oxygen atoms in total. The van der Waals surface area contributed by atoms with Crippen molar-refractivity contribution in [2.75, 3.05) is 6.61 Å². The van der Waals surface area contributed by atoms with Gasteiger partial charge in [-0.3, -0.25) is 4.79 Å². The highest BCUT2D eigenvalue weighted by Gasteiger charge is 2.22. The molecule has 6 heteroatoms. The van der Waals surface area contributed by atoms with Crippen LogP contribution >= 0.6 is 23.1 Å². The Morgan fingerprint density at radius 2 is 2.00 bits per heavy atom. The summed E-state index contributed by atoms with van der Waals surface area (Å²) in [4.78, 5) is 22.0. The van der Waals surface area contributed by atoms with E-state index in [0.29, 0.717) is 13.0 Å². The molecule has 0 saturated heterocycles. The van der Waals surface area contributed by atoms with Gasteiger partial charge in [-0.25, -0.2) is 9.97 Å². The number of carbonyl (C=O) groups excluding carboxylic acids is 1. The predicted octanol–water partition coefficient (Wildman–Crippen LogP) is 5.10. The molecule has 0 amide bonds. The second-order valence-electron chi connectivity index (χ2n) is 5.64. The molecule has 0 N–H and O–H groups in total. The van der Waals surface area contributed by atoms with E-state index in [-0.39, 0.29) is 11.2 Å². The number of benzene rings is 1. The first-order chi connectivity index (χ1) is 12.1. The van der Waals surface area contributed by atoms with E-state index in [1.54, 1.807) is 17.7 Å². The molecule has 0 radical (unpaired) electrons. The Balaban J connectivity index is 2.02. The zero-order valence-corrected chi connectivity index (χ0v) is 16.1. The molecule has 3 rings (SSSR count). The highest BCUT2D eigenvalue weighted by atomic mass is 32.2. The predicted molar refractivity (Wildman–Crippen MR) is 104 cm³/mol. The minimum Gasteiger partial charge on any atom is -0.465 e. The summed E-state index contributed by atoms with van der Waals surface area (Å²) >= 11 is 3.06. The third kappa shape index (κ3) is 3.85. The number of esters is 1. The fourth-order valence-corrected chi connectivity index (χ4v) is 4.56. The van der Waals surface area contributed by atoms with Gasteiger partial charge in [-0.15, -0.1) is 11.3 Å². The lowest BCUT2D eigenvalue weighted by molar-refractivity contribution is -0.142. The van der Waals surface area contributed by atoms with E-state index in [1.807, 2.05) is 13.8 Å². The van der Waals surface area contributed by atoms with Gasteiger partial charge in [-0.1, -0.05) is 48.5 Å². The number of thioether (sulfide) groups is 1.